The van der Waals surface area contributed by atoms with Crippen molar-refractivity contribution in [1.82, 2.24) is 5.32 Å². The van der Waals surface area contributed by atoms with Gasteiger partial charge < -0.3 is 5.32 Å². The first-order valence-electron chi connectivity index (χ1n) is 9.23. The Bertz CT molecular complexity index is 1010. The molecular formula is C21H23NO4S. The van der Waals surface area contributed by atoms with Crippen molar-refractivity contribution < 1.29 is 17.8 Å². The van der Waals surface area contributed by atoms with Crippen LogP contribution in [-0.4, -0.2) is 32.3 Å². The quantitative estimate of drug-likeness (QED) is 0.590. The van der Waals surface area contributed by atoms with Crippen LogP contribution in [-0.2, 0) is 26.1 Å². The molecule has 5 rings (SSSR count). The Balaban J connectivity index is 1.99. The fourth-order valence-corrected chi connectivity index (χ4v) is 5.67. The third-order valence-corrected chi connectivity index (χ3v) is 6.64. The normalized spacial score (nSPS) is 23.2. The minimum absolute atomic E-state index is 0.0452. The zero-order valence-corrected chi connectivity index (χ0v) is 16.1. The summed E-state index contributed by atoms with van der Waals surface area (Å²) >= 11 is 0. The zero-order valence-electron chi connectivity index (χ0n) is 15.2. The van der Waals surface area contributed by atoms with E-state index < -0.39 is 21.3 Å². The number of ketones is 1. The van der Waals surface area contributed by atoms with Gasteiger partial charge in [0.1, 0.15) is 11.5 Å². The van der Waals surface area contributed by atoms with Gasteiger partial charge in [0.05, 0.1) is 5.41 Å². The smallest absolute Gasteiger partial charge is 0.269 e. The molecular weight excluding hydrogens is 362 g/mol. The van der Waals surface area contributed by atoms with Gasteiger partial charge in [-0.2, -0.15) is 8.42 Å². The lowest BCUT2D eigenvalue weighted by atomic mass is 9.52. The Morgan fingerprint density at radius 3 is 2.63 bits per heavy atom. The molecule has 2 aromatic carbocycles. The first-order chi connectivity index (χ1) is 12.9. The summed E-state index contributed by atoms with van der Waals surface area (Å²) in [5, 5.41) is 3.13. The number of nitrogens with one attached hydrogen (secondary N) is 1. The van der Waals surface area contributed by atoms with Gasteiger partial charge in [-0.3, -0.25) is 9.35 Å². The van der Waals surface area contributed by atoms with Crippen LogP contribution in [0.5, 0.6) is 0 Å². The Morgan fingerprint density at radius 1 is 1.15 bits per heavy atom. The Labute approximate surface area is 159 Å². The van der Waals surface area contributed by atoms with Gasteiger partial charge in [-0.15, -0.1) is 0 Å². The van der Waals surface area contributed by atoms with Crippen LogP contribution < -0.4 is 5.32 Å². The average Bonchev–Trinajstić information content (AvgIpc) is 2.62. The molecule has 0 saturated carbocycles. The third kappa shape index (κ3) is 2.83. The zero-order chi connectivity index (χ0) is 19.2. The molecule has 2 unspecified atom stereocenters. The number of carbonyl (C=O) groups is 1. The van der Waals surface area contributed by atoms with E-state index in [-0.39, 0.29) is 11.7 Å². The number of carbonyl (C=O) groups excluding carboxylic acids is 1. The second-order valence-electron chi connectivity index (χ2n) is 7.49. The molecule has 5 nitrogen and oxygen atoms in total. The van der Waals surface area contributed by atoms with Gasteiger partial charge in [0.2, 0.25) is 0 Å². The molecule has 142 valence electrons. The van der Waals surface area contributed by atoms with E-state index in [0.29, 0.717) is 18.4 Å². The molecule has 27 heavy (non-hydrogen) atoms. The first-order valence-corrected chi connectivity index (χ1v) is 10.8. The van der Waals surface area contributed by atoms with E-state index in [1.807, 2.05) is 37.4 Å². The summed E-state index contributed by atoms with van der Waals surface area (Å²) in [5.41, 5.74) is 3.69. The Morgan fingerprint density at radius 2 is 1.89 bits per heavy atom. The maximum Gasteiger partial charge on any atom is 0.269 e. The lowest BCUT2D eigenvalue weighted by molar-refractivity contribution is -0.125. The fourth-order valence-electron chi connectivity index (χ4n) is 5.04. The topological polar surface area (TPSA) is 83.5 Å². The Hall–Kier alpha value is -2.02. The van der Waals surface area contributed by atoms with Crippen molar-refractivity contribution in [1.29, 1.82) is 0 Å². The van der Waals surface area contributed by atoms with E-state index in [9.17, 15) is 17.8 Å². The second-order valence-corrected chi connectivity index (χ2v) is 8.94. The van der Waals surface area contributed by atoms with Gasteiger partial charge in [-0.05, 0) is 54.3 Å². The van der Waals surface area contributed by atoms with Crippen LogP contribution >= 0.6 is 0 Å². The van der Waals surface area contributed by atoms with Crippen molar-refractivity contribution in [3.8, 4) is 0 Å². The van der Waals surface area contributed by atoms with Gasteiger partial charge in [0.25, 0.3) is 10.1 Å². The maximum absolute atomic E-state index is 13.4. The highest BCUT2D eigenvalue weighted by Crippen LogP contribution is 2.57. The van der Waals surface area contributed by atoms with Crippen molar-refractivity contribution in [2.75, 3.05) is 13.6 Å². The summed E-state index contributed by atoms with van der Waals surface area (Å²) in [6.07, 6.45) is 1.85. The number of fused-ring (bicyclic) bond motifs is 1. The SMILES string of the molecule is CNCCCC12C(=O)CC(c3ccccc31)c1cccc(CS(=O)(=O)O)c12. The minimum atomic E-state index is -4.20. The molecule has 0 heterocycles. The van der Waals surface area contributed by atoms with Gasteiger partial charge in [0, 0.05) is 12.3 Å². The van der Waals surface area contributed by atoms with Crippen LogP contribution in [0.4, 0.5) is 0 Å². The molecule has 2 bridgehead atoms. The summed E-state index contributed by atoms with van der Waals surface area (Å²) in [6.45, 7) is 0.774. The summed E-state index contributed by atoms with van der Waals surface area (Å²) in [4.78, 5) is 13.4. The number of benzene rings is 2. The molecule has 2 atom stereocenters. The predicted octanol–water partition coefficient (Wildman–Crippen LogP) is 2.78. The number of hydrogen-bond donors (Lipinski definition) is 2. The van der Waals surface area contributed by atoms with E-state index in [1.54, 1.807) is 6.07 Å². The van der Waals surface area contributed by atoms with E-state index in [4.69, 9.17) is 0 Å². The molecule has 3 aliphatic rings. The number of hydrogen-bond acceptors (Lipinski definition) is 4. The molecule has 6 heteroatoms. The van der Waals surface area contributed by atoms with Gasteiger partial charge in [-0.1, -0.05) is 42.5 Å². The van der Waals surface area contributed by atoms with Crippen LogP contribution in [0.1, 0.15) is 53.0 Å². The van der Waals surface area contributed by atoms with Gasteiger partial charge in [-0.25, -0.2) is 0 Å². The van der Waals surface area contributed by atoms with Gasteiger partial charge >= 0.3 is 0 Å². The third-order valence-electron chi connectivity index (χ3n) is 5.96. The van der Waals surface area contributed by atoms with Crippen molar-refractivity contribution in [2.24, 2.45) is 0 Å². The van der Waals surface area contributed by atoms with Crippen LogP contribution in [0.3, 0.4) is 0 Å². The summed E-state index contributed by atoms with van der Waals surface area (Å²) in [6, 6.07) is 13.6. The molecule has 2 N–H and O–H groups in total. The maximum atomic E-state index is 13.4. The van der Waals surface area contributed by atoms with Crippen molar-refractivity contribution in [2.45, 2.75) is 36.3 Å². The van der Waals surface area contributed by atoms with E-state index in [1.165, 1.54) is 0 Å². The highest BCUT2D eigenvalue weighted by atomic mass is 32.2. The molecule has 0 saturated heterocycles. The summed E-state index contributed by atoms with van der Waals surface area (Å²) < 4.78 is 32.8. The van der Waals surface area contributed by atoms with Crippen LogP contribution in [0.25, 0.3) is 0 Å². The highest BCUT2D eigenvalue weighted by molar-refractivity contribution is 7.85. The van der Waals surface area contributed by atoms with Crippen LogP contribution in [0.15, 0.2) is 42.5 Å². The van der Waals surface area contributed by atoms with E-state index in [0.717, 1.165) is 35.2 Å². The van der Waals surface area contributed by atoms with E-state index >= 15 is 0 Å². The Kier molecular flexibility index (Phi) is 4.45. The lowest BCUT2D eigenvalue weighted by Crippen LogP contribution is -2.49. The summed E-state index contributed by atoms with van der Waals surface area (Å²) in [7, 11) is -2.32. The molecule has 0 amide bonds. The molecule has 0 fully saturated rings. The second kappa shape index (κ2) is 6.55. The first kappa shape index (κ1) is 18.3. The van der Waals surface area contributed by atoms with E-state index in [2.05, 4.69) is 11.4 Å². The predicted molar refractivity (Wildman–Crippen MR) is 104 cm³/mol. The highest BCUT2D eigenvalue weighted by Gasteiger charge is 2.54. The molecule has 0 radical (unpaired) electrons. The fraction of sp³-hybridized carbons (Fsp3) is 0.381. The molecule has 0 spiro atoms. The summed E-state index contributed by atoms with van der Waals surface area (Å²) in [5.74, 6) is -0.361. The van der Waals surface area contributed by atoms with Crippen molar-refractivity contribution >= 4 is 15.9 Å². The molecule has 3 aliphatic carbocycles. The van der Waals surface area contributed by atoms with Crippen molar-refractivity contribution in [3.63, 3.8) is 0 Å². The lowest BCUT2D eigenvalue weighted by Gasteiger charge is -2.49. The number of Topliss-reactive ketones (excluding diaryl/α,β-unsaturated/α-hetero) is 1. The molecule has 0 aliphatic heterocycles. The van der Waals surface area contributed by atoms with Gasteiger partial charge in [0.15, 0.2) is 0 Å². The number of rotatable bonds is 6. The average molecular weight is 385 g/mol. The van der Waals surface area contributed by atoms with Crippen molar-refractivity contribution in [3.05, 3.63) is 70.3 Å². The standard InChI is InChI=1S/C21H23NO4S/c1-22-11-5-10-21-18-9-3-2-7-15(18)17(12-19(21)23)16-8-4-6-14(20(16)21)13-27(24,25)26/h2-4,6-9,17,22H,5,10-13H2,1H3,(H,24,25,26). The minimum Gasteiger partial charge on any atom is -0.320 e. The largest absolute Gasteiger partial charge is 0.320 e. The molecule has 2 aromatic rings. The molecule has 0 aromatic heterocycles. The van der Waals surface area contributed by atoms with Crippen LogP contribution in [0, 0.1) is 0 Å². The monoisotopic (exact) mass is 385 g/mol. The van der Waals surface area contributed by atoms with Crippen LogP contribution in [0.2, 0.25) is 0 Å².